The van der Waals surface area contributed by atoms with Gasteiger partial charge in [-0.05, 0) is 35.0 Å². The predicted molar refractivity (Wildman–Crippen MR) is 56.9 cm³/mol. The van der Waals surface area contributed by atoms with Gasteiger partial charge in [-0.1, -0.05) is 11.6 Å². The highest BCUT2D eigenvalue weighted by Crippen LogP contribution is 2.35. The fourth-order valence-electron chi connectivity index (χ4n) is 1.05. The molecule has 1 unspecified atom stereocenters. The Balaban J connectivity index is 3.26. The highest BCUT2D eigenvalue weighted by atomic mass is 79.9. The lowest BCUT2D eigenvalue weighted by Gasteiger charge is -2.10. The Morgan fingerprint density at radius 3 is 2.64 bits per heavy atom. The second-order valence-electron chi connectivity index (χ2n) is 2.89. The first-order chi connectivity index (χ1) is 6.43. The van der Waals surface area contributed by atoms with Crippen LogP contribution in [-0.4, -0.2) is 16.2 Å². The van der Waals surface area contributed by atoms with Crippen LogP contribution >= 0.6 is 27.5 Å². The van der Waals surface area contributed by atoms with Crippen molar-refractivity contribution < 1.29 is 15.0 Å². The molecule has 0 fully saturated rings. The lowest BCUT2D eigenvalue weighted by atomic mass is 10.0. The molecule has 1 aromatic rings. The van der Waals surface area contributed by atoms with Crippen molar-refractivity contribution in [2.24, 2.45) is 0 Å². The van der Waals surface area contributed by atoms with Gasteiger partial charge in [0, 0.05) is 10.6 Å². The number of phenolic OH excluding ortho intramolecular Hbond substituents is 1. The zero-order valence-corrected chi connectivity index (χ0v) is 9.63. The molecular weight excluding hydrogens is 271 g/mol. The number of benzene rings is 1. The summed E-state index contributed by atoms with van der Waals surface area (Å²) in [4.78, 5) is 10.7. The van der Waals surface area contributed by atoms with Crippen molar-refractivity contribution in [1.82, 2.24) is 0 Å². The van der Waals surface area contributed by atoms with E-state index in [2.05, 4.69) is 15.9 Å². The fraction of sp³-hybridized carbons (Fsp3) is 0.222. The Morgan fingerprint density at radius 2 is 2.14 bits per heavy atom. The zero-order valence-electron chi connectivity index (χ0n) is 7.29. The van der Waals surface area contributed by atoms with Gasteiger partial charge in [0.05, 0.1) is 10.4 Å². The summed E-state index contributed by atoms with van der Waals surface area (Å²) in [7, 11) is 0. The molecule has 0 spiro atoms. The number of carboxylic acid groups (broad SMARTS) is 1. The van der Waals surface area contributed by atoms with E-state index < -0.39 is 11.9 Å². The number of phenols is 1. The molecule has 1 aromatic carbocycles. The van der Waals surface area contributed by atoms with E-state index in [1.807, 2.05) is 0 Å². The normalized spacial score (nSPS) is 12.5. The van der Waals surface area contributed by atoms with Crippen molar-refractivity contribution in [3.8, 4) is 5.75 Å². The Kier molecular flexibility index (Phi) is 3.39. The zero-order chi connectivity index (χ0) is 10.9. The van der Waals surface area contributed by atoms with Crippen molar-refractivity contribution in [3.05, 3.63) is 27.2 Å². The standard InChI is InChI=1S/C9H8BrClO3/c1-4(9(13)14)6-2-5(11)3-7(10)8(6)12/h2-4,12H,1H3,(H,13,14). The minimum Gasteiger partial charge on any atom is -0.506 e. The van der Waals surface area contributed by atoms with Gasteiger partial charge >= 0.3 is 5.97 Å². The van der Waals surface area contributed by atoms with E-state index >= 15 is 0 Å². The fourth-order valence-corrected chi connectivity index (χ4v) is 1.88. The van der Waals surface area contributed by atoms with E-state index in [1.54, 1.807) is 0 Å². The molecule has 0 amide bonds. The molecular formula is C9H8BrClO3. The number of carbonyl (C=O) groups is 1. The summed E-state index contributed by atoms with van der Waals surface area (Å²) in [5.41, 5.74) is 0.303. The highest BCUT2D eigenvalue weighted by molar-refractivity contribution is 9.10. The molecule has 14 heavy (non-hydrogen) atoms. The molecule has 0 radical (unpaired) electrons. The van der Waals surface area contributed by atoms with Crippen LogP contribution in [0.1, 0.15) is 18.4 Å². The van der Waals surface area contributed by atoms with Crippen molar-refractivity contribution in [3.63, 3.8) is 0 Å². The highest BCUT2D eigenvalue weighted by Gasteiger charge is 2.19. The van der Waals surface area contributed by atoms with E-state index in [4.69, 9.17) is 16.7 Å². The van der Waals surface area contributed by atoms with E-state index in [-0.39, 0.29) is 5.75 Å². The number of hydrogen-bond donors (Lipinski definition) is 2. The van der Waals surface area contributed by atoms with Gasteiger partial charge in [0.25, 0.3) is 0 Å². The van der Waals surface area contributed by atoms with Gasteiger partial charge in [-0.25, -0.2) is 0 Å². The quantitative estimate of drug-likeness (QED) is 0.875. The topological polar surface area (TPSA) is 57.5 Å². The molecule has 0 aromatic heterocycles. The lowest BCUT2D eigenvalue weighted by molar-refractivity contribution is -0.138. The first-order valence-electron chi connectivity index (χ1n) is 3.84. The summed E-state index contributed by atoms with van der Waals surface area (Å²) < 4.78 is 0.396. The number of carboxylic acids is 1. The Labute approximate surface area is 94.4 Å². The monoisotopic (exact) mass is 278 g/mol. The van der Waals surface area contributed by atoms with Gasteiger partial charge in [-0.2, -0.15) is 0 Å². The number of hydrogen-bond acceptors (Lipinski definition) is 2. The minimum absolute atomic E-state index is 0.0794. The van der Waals surface area contributed by atoms with Crippen LogP contribution < -0.4 is 0 Å². The molecule has 0 saturated carbocycles. The van der Waals surface area contributed by atoms with E-state index in [9.17, 15) is 9.90 Å². The maximum atomic E-state index is 10.7. The number of halogens is 2. The van der Waals surface area contributed by atoms with Crippen molar-refractivity contribution >= 4 is 33.5 Å². The Hall–Kier alpha value is -0.740. The summed E-state index contributed by atoms with van der Waals surface area (Å²) in [6, 6.07) is 2.95. The molecule has 1 rings (SSSR count). The average Bonchev–Trinajstić information content (AvgIpc) is 2.09. The van der Waals surface area contributed by atoms with Crippen LogP contribution in [0.15, 0.2) is 16.6 Å². The van der Waals surface area contributed by atoms with Crippen molar-refractivity contribution in [2.45, 2.75) is 12.8 Å². The second kappa shape index (κ2) is 4.19. The van der Waals surface area contributed by atoms with Crippen LogP contribution in [0.5, 0.6) is 5.75 Å². The molecule has 0 aliphatic rings. The molecule has 0 aliphatic carbocycles. The van der Waals surface area contributed by atoms with E-state index in [0.717, 1.165) is 0 Å². The predicted octanol–water partition coefficient (Wildman–Crippen LogP) is 3.00. The third-order valence-corrected chi connectivity index (χ3v) is 2.72. The van der Waals surface area contributed by atoms with Gasteiger partial charge in [0.15, 0.2) is 0 Å². The largest absolute Gasteiger partial charge is 0.506 e. The van der Waals surface area contributed by atoms with Gasteiger partial charge in [0.1, 0.15) is 5.75 Å². The van der Waals surface area contributed by atoms with Crippen LogP contribution in [0.2, 0.25) is 5.02 Å². The Morgan fingerprint density at radius 1 is 1.57 bits per heavy atom. The molecule has 5 heteroatoms. The van der Waals surface area contributed by atoms with E-state index in [0.29, 0.717) is 15.1 Å². The first kappa shape index (κ1) is 11.3. The maximum absolute atomic E-state index is 10.7. The maximum Gasteiger partial charge on any atom is 0.310 e. The summed E-state index contributed by atoms with van der Waals surface area (Å²) in [6.45, 7) is 1.49. The smallest absolute Gasteiger partial charge is 0.310 e. The SMILES string of the molecule is CC(C(=O)O)c1cc(Cl)cc(Br)c1O. The van der Waals surface area contributed by atoms with Crippen molar-refractivity contribution in [1.29, 1.82) is 0 Å². The number of aromatic hydroxyl groups is 1. The molecule has 2 N–H and O–H groups in total. The third-order valence-electron chi connectivity index (χ3n) is 1.89. The summed E-state index contributed by atoms with van der Waals surface area (Å²) in [5.74, 6) is -1.87. The molecule has 76 valence electrons. The molecule has 0 saturated heterocycles. The third kappa shape index (κ3) is 2.19. The lowest BCUT2D eigenvalue weighted by Crippen LogP contribution is -2.07. The molecule has 3 nitrogen and oxygen atoms in total. The minimum atomic E-state index is -1.01. The molecule has 0 heterocycles. The average molecular weight is 280 g/mol. The number of rotatable bonds is 2. The number of aliphatic carboxylic acids is 1. The molecule has 0 bridgehead atoms. The summed E-state index contributed by atoms with van der Waals surface area (Å²) in [6.07, 6.45) is 0. The van der Waals surface area contributed by atoms with Gasteiger partial charge in [-0.15, -0.1) is 0 Å². The van der Waals surface area contributed by atoms with Crippen molar-refractivity contribution in [2.75, 3.05) is 0 Å². The van der Waals surface area contributed by atoms with Crippen LogP contribution in [0.3, 0.4) is 0 Å². The summed E-state index contributed by atoms with van der Waals surface area (Å²) >= 11 is 8.82. The van der Waals surface area contributed by atoms with Crippen LogP contribution in [0.4, 0.5) is 0 Å². The molecule has 1 atom stereocenters. The van der Waals surface area contributed by atoms with Crippen LogP contribution in [0.25, 0.3) is 0 Å². The first-order valence-corrected chi connectivity index (χ1v) is 5.01. The molecule has 0 aliphatic heterocycles. The second-order valence-corrected chi connectivity index (χ2v) is 4.18. The van der Waals surface area contributed by atoms with Crippen LogP contribution in [0, 0.1) is 0 Å². The van der Waals surface area contributed by atoms with Crippen LogP contribution in [-0.2, 0) is 4.79 Å². The Bertz CT molecular complexity index is 379. The van der Waals surface area contributed by atoms with E-state index in [1.165, 1.54) is 19.1 Å². The van der Waals surface area contributed by atoms with Gasteiger partial charge in [-0.3, -0.25) is 4.79 Å². The van der Waals surface area contributed by atoms with Gasteiger partial charge < -0.3 is 10.2 Å². The summed E-state index contributed by atoms with van der Waals surface area (Å²) in [5, 5.41) is 18.7. The van der Waals surface area contributed by atoms with Gasteiger partial charge in [0.2, 0.25) is 0 Å².